The van der Waals surface area contributed by atoms with Gasteiger partial charge in [0.15, 0.2) is 0 Å². The fraction of sp³-hybridized carbons (Fsp3) is 0.467. The lowest BCUT2D eigenvalue weighted by Crippen LogP contribution is -1.88. The van der Waals surface area contributed by atoms with E-state index >= 15 is 0 Å². The van der Waals surface area contributed by atoms with Gasteiger partial charge in [-0.1, -0.05) is 25.5 Å². The minimum Gasteiger partial charge on any atom is -0.496 e. The Hall–Kier alpha value is -1.24. The molecule has 0 N–H and O–H groups in total. The quantitative estimate of drug-likeness (QED) is 0.705. The van der Waals surface area contributed by atoms with Crippen molar-refractivity contribution >= 4 is 5.57 Å². The van der Waals surface area contributed by atoms with Crippen LogP contribution in [0.5, 0.6) is 5.75 Å². The maximum atomic E-state index is 5.24. The molecule has 2 rings (SSSR count). The normalized spacial score (nSPS) is 12.7. The van der Waals surface area contributed by atoms with Crippen LogP contribution in [0.25, 0.3) is 5.57 Å². The highest BCUT2D eigenvalue weighted by molar-refractivity contribution is 5.70. The maximum absolute atomic E-state index is 5.24. The molecule has 0 radical (unpaired) electrons. The van der Waals surface area contributed by atoms with E-state index in [0.29, 0.717) is 0 Å². The Morgan fingerprint density at radius 3 is 2.25 bits per heavy atom. The molecule has 1 heteroatoms. The SMILES string of the molecule is CC.COc1ccc(C(C)=C2CC2)cc1C. The minimum atomic E-state index is 0.974. The molecular weight excluding hydrogens is 196 g/mol. The van der Waals surface area contributed by atoms with Crippen molar-refractivity contribution in [2.24, 2.45) is 0 Å². The minimum absolute atomic E-state index is 0.974. The maximum Gasteiger partial charge on any atom is 0.121 e. The Balaban J connectivity index is 0.000000606. The Morgan fingerprint density at radius 2 is 1.81 bits per heavy atom. The molecule has 0 amide bonds. The molecule has 16 heavy (non-hydrogen) atoms. The van der Waals surface area contributed by atoms with Gasteiger partial charge in [-0.3, -0.25) is 0 Å². The van der Waals surface area contributed by atoms with Crippen molar-refractivity contribution in [3.63, 3.8) is 0 Å². The van der Waals surface area contributed by atoms with Crippen LogP contribution in [0.15, 0.2) is 23.8 Å². The summed E-state index contributed by atoms with van der Waals surface area (Å²) >= 11 is 0. The first-order chi connectivity index (χ1) is 7.72. The summed E-state index contributed by atoms with van der Waals surface area (Å²) in [6, 6.07) is 6.41. The Morgan fingerprint density at radius 1 is 1.19 bits per heavy atom. The monoisotopic (exact) mass is 218 g/mol. The first-order valence-electron chi connectivity index (χ1n) is 6.06. The highest BCUT2D eigenvalue weighted by atomic mass is 16.5. The molecule has 0 aliphatic heterocycles. The van der Waals surface area contributed by atoms with Crippen LogP contribution in [-0.4, -0.2) is 7.11 Å². The van der Waals surface area contributed by atoms with Gasteiger partial charge in [0.05, 0.1) is 7.11 Å². The fourth-order valence-corrected chi connectivity index (χ4v) is 1.75. The zero-order valence-electron chi connectivity index (χ0n) is 11.1. The molecule has 1 fully saturated rings. The molecule has 0 heterocycles. The van der Waals surface area contributed by atoms with E-state index in [4.69, 9.17) is 4.74 Å². The van der Waals surface area contributed by atoms with Crippen LogP contribution in [0.3, 0.4) is 0 Å². The third kappa shape index (κ3) is 2.88. The van der Waals surface area contributed by atoms with E-state index in [2.05, 4.69) is 32.0 Å². The van der Waals surface area contributed by atoms with Crippen molar-refractivity contribution in [2.75, 3.05) is 7.11 Å². The van der Waals surface area contributed by atoms with Crippen LogP contribution in [0.2, 0.25) is 0 Å². The molecule has 0 spiro atoms. The van der Waals surface area contributed by atoms with Gasteiger partial charge >= 0.3 is 0 Å². The summed E-state index contributed by atoms with van der Waals surface area (Å²) in [5.41, 5.74) is 5.62. The van der Waals surface area contributed by atoms with Crippen molar-refractivity contribution in [2.45, 2.75) is 40.5 Å². The van der Waals surface area contributed by atoms with Gasteiger partial charge in [-0.05, 0) is 55.5 Å². The van der Waals surface area contributed by atoms with E-state index < -0.39 is 0 Å². The standard InChI is InChI=1S/C13H16O.C2H6/c1-9-8-12(6-7-13(9)14-3)10(2)11-4-5-11;1-2/h6-8H,4-5H2,1-3H3;1-2H3. The second-order valence-electron chi connectivity index (χ2n) is 3.91. The lowest BCUT2D eigenvalue weighted by molar-refractivity contribution is 0.411. The van der Waals surface area contributed by atoms with E-state index in [1.807, 2.05) is 13.8 Å². The van der Waals surface area contributed by atoms with Gasteiger partial charge in [-0.2, -0.15) is 0 Å². The van der Waals surface area contributed by atoms with E-state index in [-0.39, 0.29) is 0 Å². The molecule has 0 bridgehead atoms. The number of aryl methyl sites for hydroxylation is 1. The average Bonchev–Trinajstić information content (AvgIpc) is 3.14. The number of rotatable bonds is 2. The molecule has 1 aliphatic carbocycles. The molecule has 0 saturated heterocycles. The third-order valence-electron chi connectivity index (χ3n) is 2.86. The summed E-state index contributed by atoms with van der Waals surface area (Å²) in [6.07, 6.45) is 2.58. The molecule has 1 aromatic rings. The van der Waals surface area contributed by atoms with Gasteiger partial charge in [0.1, 0.15) is 5.75 Å². The zero-order valence-corrected chi connectivity index (χ0v) is 11.1. The fourth-order valence-electron chi connectivity index (χ4n) is 1.75. The smallest absolute Gasteiger partial charge is 0.121 e. The number of hydrogen-bond donors (Lipinski definition) is 0. The zero-order chi connectivity index (χ0) is 12.1. The molecule has 0 atom stereocenters. The van der Waals surface area contributed by atoms with E-state index in [1.54, 1.807) is 12.7 Å². The van der Waals surface area contributed by atoms with Crippen LogP contribution in [0, 0.1) is 6.92 Å². The van der Waals surface area contributed by atoms with Crippen molar-refractivity contribution in [1.29, 1.82) is 0 Å². The Kier molecular flexibility index (Phi) is 4.60. The van der Waals surface area contributed by atoms with Crippen LogP contribution >= 0.6 is 0 Å². The Bertz CT molecular complexity index is 382. The molecule has 1 nitrogen and oxygen atoms in total. The number of ether oxygens (including phenoxy) is 1. The summed E-state index contributed by atoms with van der Waals surface area (Å²) < 4.78 is 5.24. The molecular formula is C15H22O. The molecule has 1 aromatic carbocycles. The van der Waals surface area contributed by atoms with Gasteiger partial charge in [-0.25, -0.2) is 0 Å². The predicted molar refractivity (Wildman–Crippen MR) is 70.9 cm³/mol. The van der Waals surface area contributed by atoms with Gasteiger partial charge in [-0.15, -0.1) is 0 Å². The number of allylic oxidation sites excluding steroid dienone is 2. The lowest BCUT2D eigenvalue weighted by Gasteiger charge is -2.07. The van der Waals surface area contributed by atoms with Crippen molar-refractivity contribution in [1.82, 2.24) is 0 Å². The van der Waals surface area contributed by atoms with Gasteiger partial charge in [0.2, 0.25) is 0 Å². The predicted octanol–water partition coefficient (Wildman–Crippen LogP) is 4.60. The van der Waals surface area contributed by atoms with Crippen molar-refractivity contribution in [3.05, 3.63) is 34.9 Å². The molecule has 88 valence electrons. The topological polar surface area (TPSA) is 9.23 Å². The van der Waals surface area contributed by atoms with Crippen molar-refractivity contribution < 1.29 is 4.74 Å². The number of methoxy groups -OCH3 is 1. The van der Waals surface area contributed by atoms with E-state index in [9.17, 15) is 0 Å². The van der Waals surface area contributed by atoms with Gasteiger partial charge < -0.3 is 4.74 Å². The number of hydrogen-bond acceptors (Lipinski definition) is 1. The highest BCUT2D eigenvalue weighted by Gasteiger charge is 2.15. The van der Waals surface area contributed by atoms with Crippen LogP contribution in [0.4, 0.5) is 0 Å². The second kappa shape index (κ2) is 5.74. The first kappa shape index (κ1) is 12.8. The highest BCUT2D eigenvalue weighted by Crippen LogP contribution is 2.36. The van der Waals surface area contributed by atoms with Crippen LogP contribution in [0.1, 0.15) is 44.7 Å². The second-order valence-corrected chi connectivity index (χ2v) is 3.91. The summed E-state index contributed by atoms with van der Waals surface area (Å²) in [5, 5.41) is 0. The van der Waals surface area contributed by atoms with Crippen LogP contribution < -0.4 is 4.74 Å². The summed E-state index contributed by atoms with van der Waals surface area (Å²) in [6.45, 7) is 8.30. The van der Waals surface area contributed by atoms with E-state index in [0.717, 1.165) is 5.75 Å². The third-order valence-corrected chi connectivity index (χ3v) is 2.86. The van der Waals surface area contributed by atoms with Gasteiger partial charge in [0.25, 0.3) is 0 Å². The van der Waals surface area contributed by atoms with Gasteiger partial charge in [0, 0.05) is 0 Å². The first-order valence-corrected chi connectivity index (χ1v) is 6.06. The average molecular weight is 218 g/mol. The molecule has 0 aromatic heterocycles. The van der Waals surface area contributed by atoms with Crippen molar-refractivity contribution in [3.8, 4) is 5.75 Å². The molecule has 0 unspecified atom stereocenters. The Labute approximate surface area is 99.1 Å². The van der Waals surface area contributed by atoms with E-state index in [1.165, 1.54) is 29.5 Å². The summed E-state index contributed by atoms with van der Waals surface area (Å²) in [7, 11) is 1.72. The molecule has 1 aliphatic rings. The summed E-state index contributed by atoms with van der Waals surface area (Å²) in [5.74, 6) is 0.974. The van der Waals surface area contributed by atoms with Crippen LogP contribution in [-0.2, 0) is 0 Å². The number of benzene rings is 1. The lowest BCUT2D eigenvalue weighted by atomic mass is 10.0. The summed E-state index contributed by atoms with van der Waals surface area (Å²) in [4.78, 5) is 0. The largest absolute Gasteiger partial charge is 0.496 e. The molecule has 1 saturated carbocycles.